The first kappa shape index (κ1) is 25.3. The molecule has 0 aliphatic carbocycles. The van der Waals surface area contributed by atoms with Crippen LogP contribution in [0.4, 0.5) is 4.79 Å². The Morgan fingerprint density at radius 1 is 1.07 bits per heavy atom. The van der Waals surface area contributed by atoms with Crippen LogP contribution in [0.15, 0.2) is 5.11 Å². The minimum absolute atomic E-state index is 0.0224. The van der Waals surface area contributed by atoms with Crippen LogP contribution in [-0.2, 0) is 28.6 Å². The van der Waals surface area contributed by atoms with E-state index < -0.39 is 41.9 Å². The quantitative estimate of drug-likeness (QED) is 0.204. The van der Waals surface area contributed by atoms with Gasteiger partial charge in [0.15, 0.2) is 0 Å². The second kappa shape index (κ2) is 11.9. The van der Waals surface area contributed by atoms with Gasteiger partial charge in [-0.05, 0) is 41.0 Å². The normalized spacial score (nSPS) is 12.9. The maximum Gasteiger partial charge on any atom is 0.410 e. The summed E-state index contributed by atoms with van der Waals surface area (Å²) in [6.45, 7) is 9.66. The number of carbonyl (C=O) groups excluding carboxylic acids is 4. The van der Waals surface area contributed by atoms with Gasteiger partial charge in [-0.15, -0.1) is 0 Å². The van der Waals surface area contributed by atoms with E-state index in [9.17, 15) is 19.2 Å². The summed E-state index contributed by atoms with van der Waals surface area (Å²) in [5.41, 5.74) is -0.760. The molecule has 0 fully saturated rings. The first-order chi connectivity index (χ1) is 12.9. The lowest BCUT2D eigenvalue weighted by Crippen LogP contribution is -2.44. The van der Waals surface area contributed by atoms with Crippen molar-refractivity contribution < 1.29 is 38.2 Å². The molecule has 10 heteroatoms. The molecule has 1 N–H and O–H groups in total. The fourth-order valence-electron chi connectivity index (χ4n) is 1.72. The van der Waals surface area contributed by atoms with Gasteiger partial charge in [-0.3, -0.25) is 9.59 Å². The van der Waals surface area contributed by atoms with E-state index in [-0.39, 0.29) is 18.6 Å². The summed E-state index contributed by atoms with van der Waals surface area (Å²) in [5.74, 6) is -1.62. The monoisotopic (exact) mass is 400 g/mol. The SMILES string of the molecule is CN=[N+]=CC(=O)CCC(NC(=O)OC(C)OC(=O)C(C)(C)C)C(=O)OC(C)C. The Kier molecular flexibility index (Phi) is 10.7. The predicted octanol–water partition coefficient (Wildman–Crippen LogP) is 1.68. The number of rotatable bonds is 9. The van der Waals surface area contributed by atoms with E-state index in [1.54, 1.807) is 34.6 Å². The maximum atomic E-state index is 12.2. The number of hydrogen-bond acceptors (Lipinski definition) is 8. The largest absolute Gasteiger partial charge is 0.461 e. The molecule has 1 amide bonds. The first-order valence-electron chi connectivity index (χ1n) is 8.90. The molecule has 0 saturated heterocycles. The van der Waals surface area contributed by atoms with Crippen molar-refractivity contribution in [1.29, 1.82) is 0 Å². The molecular weight excluding hydrogens is 370 g/mol. The van der Waals surface area contributed by atoms with E-state index in [0.717, 1.165) is 6.21 Å². The minimum Gasteiger partial charge on any atom is -0.461 e. The zero-order chi connectivity index (χ0) is 21.9. The molecule has 0 spiro atoms. The Morgan fingerprint density at radius 2 is 1.68 bits per heavy atom. The van der Waals surface area contributed by atoms with Crippen molar-refractivity contribution in [2.24, 2.45) is 10.5 Å². The molecule has 0 aromatic rings. The highest BCUT2D eigenvalue weighted by Gasteiger charge is 2.28. The highest BCUT2D eigenvalue weighted by Crippen LogP contribution is 2.16. The van der Waals surface area contributed by atoms with Gasteiger partial charge in [-0.1, -0.05) is 0 Å². The average Bonchev–Trinajstić information content (AvgIpc) is 2.54. The number of alkyl carbamates (subject to hydrolysis) is 1. The molecule has 2 unspecified atom stereocenters. The van der Waals surface area contributed by atoms with Crippen LogP contribution < -0.4 is 5.32 Å². The number of ketones is 1. The zero-order valence-electron chi connectivity index (χ0n) is 17.5. The number of nitrogens with zero attached hydrogens (tertiary/aromatic N) is 2. The van der Waals surface area contributed by atoms with Gasteiger partial charge in [0, 0.05) is 13.3 Å². The molecule has 2 atom stereocenters. The second-order valence-electron chi connectivity index (χ2n) is 7.26. The standard InChI is InChI=1S/C18H29N3O7/c1-11(2)26-15(23)14(9-8-13(22)10-20-19-7)21-17(25)28-12(3)27-16(24)18(4,5)6/h10-12,14H,8-9H2,1-7H3/p+1. The van der Waals surface area contributed by atoms with E-state index in [2.05, 4.69) is 15.2 Å². The fourth-order valence-corrected chi connectivity index (χ4v) is 1.72. The Hall–Kier alpha value is -2.74. The van der Waals surface area contributed by atoms with Crippen LogP contribution in [0.5, 0.6) is 0 Å². The van der Waals surface area contributed by atoms with E-state index in [0.29, 0.717) is 0 Å². The van der Waals surface area contributed by atoms with E-state index in [4.69, 9.17) is 14.2 Å². The van der Waals surface area contributed by atoms with Crippen molar-refractivity contribution in [3.63, 3.8) is 0 Å². The summed E-state index contributed by atoms with van der Waals surface area (Å²) in [5, 5.41) is 5.75. The van der Waals surface area contributed by atoms with Crippen molar-refractivity contribution in [1.82, 2.24) is 5.32 Å². The third-order valence-corrected chi connectivity index (χ3v) is 3.08. The third-order valence-electron chi connectivity index (χ3n) is 3.08. The molecule has 0 radical (unpaired) electrons. The second-order valence-corrected chi connectivity index (χ2v) is 7.26. The van der Waals surface area contributed by atoms with Crippen molar-refractivity contribution in [3.8, 4) is 0 Å². The smallest absolute Gasteiger partial charge is 0.410 e. The van der Waals surface area contributed by atoms with Crippen LogP contribution in [0, 0.1) is 5.41 Å². The number of esters is 2. The van der Waals surface area contributed by atoms with Crippen LogP contribution >= 0.6 is 0 Å². The number of Topliss-reactive ketones (excluding diaryl/α,β-unsaturated/α-hetero) is 1. The molecule has 10 nitrogen and oxygen atoms in total. The van der Waals surface area contributed by atoms with Crippen LogP contribution in [0.2, 0.25) is 0 Å². The van der Waals surface area contributed by atoms with Crippen LogP contribution in [0.3, 0.4) is 0 Å². The molecule has 0 saturated carbocycles. The number of hydrogen-bond donors (Lipinski definition) is 1. The molecule has 0 aromatic heterocycles. The average molecular weight is 400 g/mol. The van der Waals surface area contributed by atoms with Gasteiger partial charge in [0.05, 0.1) is 21.4 Å². The minimum atomic E-state index is -1.16. The summed E-state index contributed by atoms with van der Waals surface area (Å²) in [7, 11) is 1.41. The lowest BCUT2D eigenvalue weighted by atomic mass is 9.97. The topological polar surface area (TPSA) is 134 Å². The number of carbonyl (C=O) groups is 4. The maximum absolute atomic E-state index is 12.2. The van der Waals surface area contributed by atoms with Crippen molar-refractivity contribution in [2.45, 2.75) is 72.8 Å². The molecule has 0 heterocycles. The number of amides is 1. The van der Waals surface area contributed by atoms with Crippen LogP contribution in [0.1, 0.15) is 54.4 Å². The molecule has 28 heavy (non-hydrogen) atoms. The first-order valence-corrected chi connectivity index (χ1v) is 8.90. The van der Waals surface area contributed by atoms with Crippen LogP contribution in [0.25, 0.3) is 0 Å². The van der Waals surface area contributed by atoms with E-state index >= 15 is 0 Å². The van der Waals surface area contributed by atoms with Gasteiger partial charge < -0.3 is 19.5 Å². The highest BCUT2D eigenvalue weighted by molar-refractivity contribution is 6.25. The fraction of sp³-hybridized carbons (Fsp3) is 0.722. The Morgan fingerprint density at radius 3 is 2.18 bits per heavy atom. The molecule has 0 aromatic carbocycles. The summed E-state index contributed by atoms with van der Waals surface area (Å²) in [4.78, 5) is 51.2. The Balaban J connectivity index is 4.89. The molecule has 0 aliphatic rings. The van der Waals surface area contributed by atoms with Gasteiger partial charge in [-0.2, -0.15) is 0 Å². The van der Waals surface area contributed by atoms with Gasteiger partial charge in [-0.25, -0.2) is 9.59 Å². The van der Waals surface area contributed by atoms with E-state index in [1.165, 1.54) is 14.0 Å². The van der Waals surface area contributed by atoms with Crippen molar-refractivity contribution in [3.05, 3.63) is 0 Å². The summed E-state index contributed by atoms with van der Waals surface area (Å²) in [6, 6.07) is -1.11. The molecule has 0 aliphatic heterocycles. The highest BCUT2D eigenvalue weighted by atomic mass is 16.7. The van der Waals surface area contributed by atoms with Gasteiger partial charge in [0.2, 0.25) is 12.1 Å². The summed E-state index contributed by atoms with van der Waals surface area (Å²) in [6.07, 6.45) is -1.61. The molecular formula is C18H30N3O7+. The van der Waals surface area contributed by atoms with Crippen molar-refractivity contribution in [2.75, 3.05) is 7.05 Å². The molecule has 0 rings (SSSR count). The third kappa shape index (κ3) is 11.1. The van der Waals surface area contributed by atoms with E-state index in [1.807, 2.05) is 0 Å². The van der Waals surface area contributed by atoms with Crippen LogP contribution in [-0.4, -0.2) is 60.3 Å². The lowest BCUT2D eigenvalue weighted by Gasteiger charge is -2.22. The molecule has 0 bridgehead atoms. The summed E-state index contributed by atoms with van der Waals surface area (Å²) < 4.78 is 15.0. The Labute approximate surface area is 164 Å². The predicted molar refractivity (Wildman–Crippen MR) is 98.6 cm³/mol. The molecule has 158 valence electrons. The lowest BCUT2D eigenvalue weighted by molar-refractivity contribution is -0.174. The number of ether oxygens (including phenoxy) is 3. The van der Waals surface area contributed by atoms with Gasteiger partial charge in [0.1, 0.15) is 13.1 Å². The number of nitrogens with one attached hydrogen (secondary N) is 1. The summed E-state index contributed by atoms with van der Waals surface area (Å²) >= 11 is 0. The van der Waals surface area contributed by atoms with Gasteiger partial charge >= 0.3 is 24.2 Å². The zero-order valence-corrected chi connectivity index (χ0v) is 17.5. The van der Waals surface area contributed by atoms with Crippen molar-refractivity contribution >= 4 is 30.0 Å². The Bertz CT molecular complexity index is 632. The van der Waals surface area contributed by atoms with Gasteiger partial charge in [0.25, 0.3) is 0 Å².